The summed E-state index contributed by atoms with van der Waals surface area (Å²) in [5, 5.41) is 7.67. The Bertz CT molecular complexity index is 1530. The number of carbonyl (C=O) groups is 1. The van der Waals surface area contributed by atoms with E-state index >= 15 is 0 Å². The maximum Gasteiger partial charge on any atom is 0.261 e. The number of aromatic amines is 1. The highest BCUT2D eigenvalue weighted by atomic mass is 32.1. The van der Waals surface area contributed by atoms with E-state index in [4.69, 9.17) is 21.7 Å². The first-order chi connectivity index (χ1) is 17.1. The molecule has 0 radical (unpaired) electrons. The largest absolute Gasteiger partial charge is 0.496 e. The molecule has 1 amide bonds. The number of H-pyrrole nitrogens is 1. The molecule has 0 aliphatic rings. The summed E-state index contributed by atoms with van der Waals surface area (Å²) in [6, 6.07) is 24.7. The molecule has 7 nitrogen and oxygen atoms in total. The summed E-state index contributed by atoms with van der Waals surface area (Å²) in [5.41, 5.74) is 3.95. The minimum Gasteiger partial charge on any atom is -0.496 e. The van der Waals surface area contributed by atoms with Crippen LogP contribution >= 0.6 is 12.2 Å². The van der Waals surface area contributed by atoms with Crippen molar-refractivity contribution in [2.45, 2.75) is 0 Å². The number of ether oxygens (including phenoxy) is 2. The van der Waals surface area contributed by atoms with Crippen molar-refractivity contribution in [2.24, 2.45) is 0 Å². The average Bonchev–Trinajstić information content (AvgIpc) is 3.32. The molecule has 4 aromatic carbocycles. The molecule has 174 valence electrons. The number of imidazole rings is 1. The van der Waals surface area contributed by atoms with Crippen molar-refractivity contribution in [1.29, 1.82) is 0 Å². The first-order valence-corrected chi connectivity index (χ1v) is 11.3. The molecule has 1 aromatic heterocycles. The van der Waals surface area contributed by atoms with Crippen molar-refractivity contribution < 1.29 is 14.3 Å². The molecule has 5 rings (SSSR count). The minimum atomic E-state index is -0.372. The maximum absolute atomic E-state index is 13.0. The molecule has 0 spiro atoms. The number of carbonyl (C=O) groups excluding carboxylic acids is 1. The van der Waals surface area contributed by atoms with Gasteiger partial charge in [0.1, 0.15) is 17.3 Å². The molecule has 0 bridgehead atoms. The number of fused-ring (bicyclic) bond motifs is 2. The van der Waals surface area contributed by atoms with Crippen molar-refractivity contribution in [1.82, 2.24) is 15.3 Å². The van der Waals surface area contributed by atoms with Gasteiger partial charge in [0.05, 0.1) is 30.8 Å². The van der Waals surface area contributed by atoms with Crippen LogP contribution in [0.5, 0.6) is 11.5 Å². The number of benzene rings is 4. The average molecular weight is 483 g/mol. The molecule has 0 aliphatic heterocycles. The first-order valence-electron chi connectivity index (χ1n) is 10.9. The van der Waals surface area contributed by atoms with Crippen molar-refractivity contribution in [3.05, 3.63) is 84.4 Å². The summed E-state index contributed by atoms with van der Waals surface area (Å²) in [7, 11) is 3.13. The molecule has 8 heteroatoms. The topological polar surface area (TPSA) is 88.3 Å². The number of hydrogen-bond acceptors (Lipinski definition) is 5. The third-order valence-corrected chi connectivity index (χ3v) is 5.86. The number of rotatable bonds is 5. The zero-order chi connectivity index (χ0) is 24.4. The molecule has 0 atom stereocenters. The van der Waals surface area contributed by atoms with Gasteiger partial charge in [-0.1, -0.05) is 24.3 Å². The Morgan fingerprint density at radius 2 is 1.69 bits per heavy atom. The number of thiocarbonyl (C=S) groups is 1. The monoisotopic (exact) mass is 482 g/mol. The summed E-state index contributed by atoms with van der Waals surface area (Å²) in [5.74, 6) is 1.55. The van der Waals surface area contributed by atoms with Crippen LogP contribution in [0, 0.1) is 0 Å². The van der Waals surface area contributed by atoms with Crippen LogP contribution in [0.1, 0.15) is 10.4 Å². The number of amides is 1. The number of nitrogens with one attached hydrogen (secondary N) is 3. The van der Waals surface area contributed by atoms with Crippen LogP contribution in [0.15, 0.2) is 78.9 Å². The van der Waals surface area contributed by atoms with Crippen molar-refractivity contribution in [3.8, 4) is 22.9 Å². The molecule has 0 fully saturated rings. The van der Waals surface area contributed by atoms with E-state index in [1.165, 1.54) is 7.11 Å². The fourth-order valence-corrected chi connectivity index (χ4v) is 4.15. The van der Waals surface area contributed by atoms with Gasteiger partial charge in [0.25, 0.3) is 5.91 Å². The first kappa shape index (κ1) is 22.4. The van der Waals surface area contributed by atoms with Crippen LogP contribution in [0.25, 0.3) is 33.2 Å². The van der Waals surface area contributed by atoms with Crippen LogP contribution < -0.4 is 20.1 Å². The molecule has 0 saturated heterocycles. The third-order valence-electron chi connectivity index (χ3n) is 5.66. The number of nitrogens with zero attached hydrogens (tertiary/aromatic N) is 1. The molecular weight excluding hydrogens is 460 g/mol. The van der Waals surface area contributed by atoms with E-state index in [1.807, 2.05) is 66.7 Å². The van der Waals surface area contributed by atoms with Gasteiger partial charge in [-0.25, -0.2) is 4.98 Å². The van der Waals surface area contributed by atoms with Gasteiger partial charge in [-0.05, 0) is 72.2 Å². The van der Waals surface area contributed by atoms with Crippen LogP contribution in [0.2, 0.25) is 0 Å². The highest BCUT2D eigenvalue weighted by molar-refractivity contribution is 7.80. The number of aromatic nitrogens is 2. The molecule has 1 heterocycles. The van der Waals surface area contributed by atoms with Crippen molar-refractivity contribution >= 4 is 50.7 Å². The smallest absolute Gasteiger partial charge is 0.261 e. The molecule has 0 saturated carbocycles. The summed E-state index contributed by atoms with van der Waals surface area (Å²) in [6.07, 6.45) is 0. The fourth-order valence-electron chi connectivity index (χ4n) is 3.93. The van der Waals surface area contributed by atoms with Gasteiger partial charge < -0.3 is 19.8 Å². The predicted octanol–water partition coefficient (Wildman–Crippen LogP) is 5.53. The van der Waals surface area contributed by atoms with Gasteiger partial charge >= 0.3 is 0 Å². The zero-order valence-corrected chi connectivity index (χ0v) is 19.9. The second kappa shape index (κ2) is 9.44. The van der Waals surface area contributed by atoms with Crippen molar-refractivity contribution in [3.63, 3.8) is 0 Å². The lowest BCUT2D eigenvalue weighted by Crippen LogP contribution is -2.34. The summed E-state index contributed by atoms with van der Waals surface area (Å²) < 4.78 is 10.9. The van der Waals surface area contributed by atoms with Crippen LogP contribution in [-0.4, -0.2) is 35.2 Å². The Hall–Kier alpha value is -4.43. The summed E-state index contributed by atoms with van der Waals surface area (Å²) in [4.78, 5) is 20.9. The van der Waals surface area contributed by atoms with Gasteiger partial charge in [0.15, 0.2) is 5.11 Å². The number of para-hydroxylation sites is 2. The van der Waals surface area contributed by atoms with Crippen LogP contribution in [0.3, 0.4) is 0 Å². The van der Waals surface area contributed by atoms with Gasteiger partial charge in [-0.15, -0.1) is 0 Å². The van der Waals surface area contributed by atoms with Gasteiger partial charge in [0.2, 0.25) is 0 Å². The Morgan fingerprint density at radius 3 is 2.43 bits per heavy atom. The normalized spacial score (nSPS) is 10.8. The van der Waals surface area contributed by atoms with E-state index in [-0.39, 0.29) is 11.0 Å². The summed E-state index contributed by atoms with van der Waals surface area (Å²) >= 11 is 5.37. The second-order valence-corrected chi connectivity index (χ2v) is 8.23. The lowest BCUT2D eigenvalue weighted by Gasteiger charge is -2.14. The van der Waals surface area contributed by atoms with Gasteiger partial charge in [-0.3, -0.25) is 10.1 Å². The zero-order valence-electron chi connectivity index (χ0n) is 19.1. The van der Waals surface area contributed by atoms with E-state index in [2.05, 4.69) is 20.6 Å². The molecule has 3 N–H and O–H groups in total. The van der Waals surface area contributed by atoms with E-state index in [1.54, 1.807) is 19.2 Å². The lowest BCUT2D eigenvalue weighted by atomic mass is 10.0. The summed E-state index contributed by atoms with van der Waals surface area (Å²) in [6.45, 7) is 0. The van der Waals surface area contributed by atoms with Crippen LogP contribution in [0.4, 0.5) is 5.69 Å². The minimum absolute atomic E-state index is 0.180. The Balaban J connectivity index is 1.30. The Kier molecular flexibility index (Phi) is 6.03. The Morgan fingerprint density at radius 1 is 0.914 bits per heavy atom. The quantitative estimate of drug-likeness (QED) is 0.286. The molecule has 0 unspecified atom stereocenters. The third kappa shape index (κ3) is 4.51. The van der Waals surface area contributed by atoms with Gasteiger partial charge in [-0.2, -0.15) is 0 Å². The highest BCUT2D eigenvalue weighted by Gasteiger charge is 2.16. The van der Waals surface area contributed by atoms with Gasteiger partial charge in [0, 0.05) is 16.6 Å². The number of methoxy groups -OCH3 is 2. The van der Waals surface area contributed by atoms with Crippen LogP contribution in [-0.2, 0) is 0 Å². The van der Waals surface area contributed by atoms with E-state index in [0.29, 0.717) is 17.1 Å². The second-order valence-electron chi connectivity index (χ2n) is 7.82. The standard InChI is InChI=1S/C27H22N4O3S/c1-33-23-9-5-6-17-14-20(24(34-2)15-19(17)23)26(32)31-27(35)28-18-12-10-16(11-13-18)25-29-21-7-3-4-8-22(21)30-25/h3-15H,1-2H3,(H,29,30)(H2,28,31,32,35). The van der Waals surface area contributed by atoms with Crippen molar-refractivity contribution in [2.75, 3.05) is 19.5 Å². The van der Waals surface area contributed by atoms with E-state index in [9.17, 15) is 4.79 Å². The lowest BCUT2D eigenvalue weighted by molar-refractivity contribution is 0.0975. The van der Waals surface area contributed by atoms with E-state index < -0.39 is 0 Å². The molecule has 35 heavy (non-hydrogen) atoms. The molecule has 0 aliphatic carbocycles. The van der Waals surface area contributed by atoms with E-state index in [0.717, 1.165) is 38.9 Å². The molecule has 5 aromatic rings. The maximum atomic E-state index is 13.0. The number of hydrogen-bond donors (Lipinski definition) is 3. The predicted molar refractivity (Wildman–Crippen MR) is 142 cm³/mol. The number of anilines is 1. The SMILES string of the molecule is COc1cc2c(OC)cccc2cc1C(=O)NC(=S)Nc1ccc(-c2nc3ccccc3[nH]2)cc1. The molecular formula is C27H22N4O3S. The highest BCUT2D eigenvalue weighted by Crippen LogP contribution is 2.32. The Labute approximate surface area is 207 Å². The fraction of sp³-hybridized carbons (Fsp3) is 0.0741.